The SMILES string of the molecule is CN(C(=O)c1cncc(C(=O)N2CCCCCC2)c1)c1ccccc1. The van der Waals surface area contributed by atoms with Crippen LogP contribution in [0, 0.1) is 0 Å². The molecule has 0 N–H and O–H groups in total. The van der Waals surface area contributed by atoms with Crippen LogP contribution >= 0.6 is 0 Å². The maximum Gasteiger partial charge on any atom is 0.259 e. The van der Waals surface area contributed by atoms with Crippen LogP contribution in [0.5, 0.6) is 0 Å². The average molecular weight is 337 g/mol. The van der Waals surface area contributed by atoms with E-state index in [0.29, 0.717) is 11.1 Å². The van der Waals surface area contributed by atoms with Gasteiger partial charge in [0.1, 0.15) is 0 Å². The Hall–Kier alpha value is -2.69. The van der Waals surface area contributed by atoms with Crippen LogP contribution in [0.25, 0.3) is 0 Å². The van der Waals surface area contributed by atoms with Crippen molar-refractivity contribution >= 4 is 17.5 Å². The summed E-state index contributed by atoms with van der Waals surface area (Å²) in [7, 11) is 1.72. The van der Waals surface area contributed by atoms with Crippen molar-refractivity contribution in [3.05, 3.63) is 59.9 Å². The summed E-state index contributed by atoms with van der Waals surface area (Å²) >= 11 is 0. The molecule has 1 aliphatic heterocycles. The van der Waals surface area contributed by atoms with Gasteiger partial charge in [-0.2, -0.15) is 0 Å². The average Bonchev–Trinajstić information content (AvgIpc) is 2.96. The maximum absolute atomic E-state index is 12.7. The highest BCUT2D eigenvalue weighted by molar-refractivity contribution is 6.07. The van der Waals surface area contributed by atoms with Gasteiger partial charge in [0, 0.05) is 38.2 Å². The molecule has 130 valence electrons. The molecule has 3 rings (SSSR count). The third kappa shape index (κ3) is 4.05. The van der Waals surface area contributed by atoms with E-state index in [2.05, 4.69) is 4.98 Å². The summed E-state index contributed by atoms with van der Waals surface area (Å²) in [5, 5.41) is 0. The first-order valence-corrected chi connectivity index (χ1v) is 8.74. The van der Waals surface area contributed by atoms with Gasteiger partial charge >= 0.3 is 0 Å². The second-order valence-corrected chi connectivity index (χ2v) is 6.37. The van der Waals surface area contributed by atoms with Gasteiger partial charge in [-0.3, -0.25) is 14.6 Å². The highest BCUT2D eigenvalue weighted by atomic mass is 16.2. The van der Waals surface area contributed by atoms with Crippen molar-refractivity contribution in [1.82, 2.24) is 9.88 Å². The minimum atomic E-state index is -0.177. The van der Waals surface area contributed by atoms with Crippen molar-refractivity contribution in [2.45, 2.75) is 25.7 Å². The molecule has 2 aromatic rings. The summed E-state index contributed by atoms with van der Waals surface area (Å²) in [6.07, 6.45) is 7.47. The topological polar surface area (TPSA) is 53.5 Å². The summed E-state index contributed by atoms with van der Waals surface area (Å²) in [4.78, 5) is 33.0. The third-order valence-electron chi connectivity index (χ3n) is 4.57. The van der Waals surface area contributed by atoms with Gasteiger partial charge in [-0.15, -0.1) is 0 Å². The monoisotopic (exact) mass is 337 g/mol. The van der Waals surface area contributed by atoms with Gasteiger partial charge in [0.25, 0.3) is 11.8 Å². The maximum atomic E-state index is 12.7. The predicted molar refractivity (Wildman–Crippen MR) is 97.8 cm³/mol. The molecule has 5 nitrogen and oxygen atoms in total. The molecule has 2 amide bonds. The lowest BCUT2D eigenvalue weighted by molar-refractivity contribution is 0.0761. The molecule has 1 aromatic carbocycles. The summed E-state index contributed by atoms with van der Waals surface area (Å²) in [5.74, 6) is -0.212. The van der Waals surface area contributed by atoms with Gasteiger partial charge in [0.2, 0.25) is 0 Å². The number of hydrogen-bond donors (Lipinski definition) is 0. The van der Waals surface area contributed by atoms with E-state index < -0.39 is 0 Å². The number of nitrogens with zero attached hydrogens (tertiary/aromatic N) is 3. The van der Waals surface area contributed by atoms with Crippen LogP contribution in [0.15, 0.2) is 48.8 Å². The van der Waals surface area contributed by atoms with E-state index in [1.165, 1.54) is 19.0 Å². The molecule has 5 heteroatoms. The zero-order chi connectivity index (χ0) is 17.6. The van der Waals surface area contributed by atoms with Gasteiger partial charge in [-0.25, -0.2) is 0 Å². The zero-order valence-corrected chi connectivity index (χ0v) is 14.5. The van der Waals surface area contributed by atoms with Crippen LogP contribution < -0.4 is 4.90 Å². The molecule has 1 fully saturated rings. The smallest absolute Gasteiger partial charge is 0.259 e. The molecule has 0 aliphatic carbocycles. The predicted octanol–water partition coefficient (Wildman–Crippen LogP) is 3.37. The van der Waals surface area contributed by atoms with E-state index >= 15 is 0 Å². The van der Waals surface area contributed by atoms with Gasteiger partial charge < -0.3 is 9.80 Å². The quantitative estimate of drug-likeness (QED) is 0.863. The molecule has 1 aliphatic rings. The van der Waals surface area contributed by atoms with Crippen LogP contribution in [-0.2, 0) is 0 Å². The van der Waals surface area contributed by atoms with E-state index in [-0.39, 0.29) is 11.8 Å². The van der Waals surface area contributed by atoms with Crippen LogP contribution in [0.1, 0.15) is 46.4 Å². The Morgan fingerprint density at radius 1 is 0.960 bits per heavy atom. The standard InChI is InChI=1S/C20H23N3O2/c1-22(18-9-5-4-6-10-18)19(24)16-13-17(15-21-14-16)20(25)23-11-7-2-3-8-12-23/h4-6,9-10,13-15H,2-3,7-8,11-12H2,1H3. The van der Waals surface area contributed by atoms with Crippen LogP contribution in [0.3, 0.4) is 0 Å². The number of likely N-dealkylation sites (tertiary alicyclic amines) is 1. The summed E-state index contributed by atoms with van der Waals surface area (Å²) in [6, 6.07) is 11.1. The van der Waals surface area contributed by atoms with Gasteiger partial charge in [0.05, 0.1) is 11.1 Å². The minimum Gasteiger partial charge on any atom is -0.339 e. The normalized spacial score (nSPS) is 14.7. The van der Waals surface area contributed by atoms with Crippen LogP contribution in [0.2, 0.25) is 0 Å². The number of rotatable bonds is 3. The number of amides is 2. The minimum absolute atomic E-state index is 0.0357. The summed E-state index contributed by atoms with van der Waals surface area (Å²) < 4.78 is 0. The Morgan fingerprint density at radius 2 is 1.60 bits per heavy atom. The molecule has 1 saturated heterocycles. The lowest BCUT2D eigenvalue weighted by Crippen LogP contribution is -2.32. The largest absolute Gasteiger partial charge is 0.339 e. The molecular weight excluding hydrogens is 314 g/mol. The van der Waals surface area contributed by atoms with Gasteiger partial charge in [-0.1, -0.05) is 31.0 Å². The Bertz CT molecular complexity index is 738. The Labute approximate surface area is 148 Å². The molecule has 0 bridgehead atoms. The van der Waals surface area contributed by atoms with Crippen molar-refractivity contribution in [2.24, 2.45) is 0 Å². The number of carbonyl (C=O) groups excluding carboxylic acids is 2. The number of para-hydroxylation sites is 1. The molecule has 0 saturated carbocycles. The van der Waals surface area contributed by atoms with Crippen LogP contribution in [-0.4, -0.2) is 41.8 Å². The van der Waals surface area contributed by atoms with E-state index in [9.17, 15) is 9.59 Å². The van der Waals surface area contributed by atoms with E-state index in [1.54, 1.807) is 24.2 Å². The molecule has 0 spiro atoms. The number of hydrogen-bond acceptors (Lipinski definition) is 3. The highest BCUT2D eigenvalue weighted by Gasteiger charge is 2.20. The summed E-state index contributed by atoms with van der Waals surface area (Å²) in [5.41, 5.74) is 1.71. The molecule has 0 radical (unpaired) electrons. The van der Waals surface area contributed by atoms with Gasteiger partial charge in [-0.05, 0) is 31.0 Å². The van der Waals surface area contributed by atoms with Crippen LogP contribution in [0.4, 0.5) is 5.69 Å². The van der Waals surface area contributed by atoms with E-state index in [1.807, 2.05) is 35.2 Å². The number of anilines is 1. The molecule has 0 unspecified atom stereocenters. The molecule has 25 heavy (non-hydrogen) atoms. The summed E-state index contributed by atoms with van der Waals surface area (Å²) in [6.45, 7) is 1.56. The first-order chi connectivity index (χ1) is 12.2. The third-order valence-corrected chi connectivity index (χ3v) is 4.57. The van der Waals surface area contributed by atoms with Crippen molar-refractivity contribution in [3.63, 3.8) is 0 Å². The Kier molecular flexibility index (Phi) is 5.43. The lowest BCUT2D eigenvalue weighted by atomic mass is 10.1. The fourth-order valence-electron chi connectivity index (χ4n) is 3.09. The van der Waals surface area contributed by atoms with Gasteiger partial charge in [0.15, 0.2) is 0 Å². The molecule has 1 aromatic heterocycles. The lowest BCUT2D eigenvalue weighted by Gasteiger charge is -2.21. The Morgan fingerprint density at radius 3 is 2.28 bits per heavy atom. The molecular formula is C20H23N3O2. The van der Waals surface area contributed by atoms with E-state index in [4.69, 9.17) is 0 Å². The molecule has 0 atom stereocenters. The first-order valence-electron chi connectivity index (χ1n) is 8.74. The second-order valence-electron chi connectivity index (χ2n) is 6.37. The number of benzene rings is 1. The fraction of sp³-hybridized carbons (Fsp3) is 0.350. The number of carbonyl (C=O) groups is 2. The second kappa shape index (κ2) is 7.92. The van der Waals surface area contributed by atoms with Crippen molar-refractivity contribution < 1.29 is 9.59 Å². The van der Waals surface area contributed by atoms with Crippen molar-refractivity contribution in [3.8, 4) is 0 Å². The zero-order valence-electron chi connectivity index (χ0n) is 14.5. The highest BCUT2D eigenvalue weighted by Crippen LogP contribution is 2.17. The van der Waals surface area contributed by atoms with Crippen molar-refractivity contribution in [1.29, 1.82) is 0 Å². The first kappa shape index (κ1) is 17.1. The fourth-order valence-corrected chi connectivity index (χ4v) is 3.09. The Balaban J connectivity index is 1.78. The van der Waals surface area contributed by atoms with E-state index in [0.717, 1.165) is 31.6 Å². The number of pyridine rings is 1. The van der Waals surface area contributed by atoms with Crippen molar-refractivity contribution in [2.75, 3.05) is 25.0 Å². The number of aromatic nitrogens is 1. The molecule has 2 heterocycles.